The first-order valence-corrected chi connectivity index (χ1v) is 28.4. The second-order valence-electron chi connectivity index (χ2n) is 19.3. The molecule has 2 aromatic carbocycles. The van der Waals surface area contributed by atoms with Crippen LogP contribution in [0.15, 0.2) is 40.9 Å². The number of rotatable bonds is 5. The molecule has 2 aromatic rings. The summed E-state index contributed by atoms with van der Waals surface area (Å²) in [5.41, 5.74) is 5.96. The molecule has 10 rings (SSSR count). The van der Waals surface area contributed by atoms with Crippen molar-refractivity contribution in [3.8, 4) is 6.07 Å². The molecule has 8 aliphatic rings. The second-order valence-corrected chi connectivity index (χ2v) is 29.8. The van der Waals surface area contributed by atoms with Crippen molar-refractivity contribution in [2.75, 3.05) is 22.9 Å². The molecule has 0 N–H and O–H groups in total. The number of halogens is 1. The predicted molar refractivity (Wildman–Crippen MR) is 228 cm³/mol. The van der Waals surface area contributed by atoms with Crippen LogP contribution in [0.3, 0.4) is 0 Å². The van der Waals surface area contributed by atoms with Crippen LogP contribution >= 0.6 is 15.9 Å². The van der Waals surface area contributed by atoms with E-state index in [-0.39, 0.29) is 30.3 Å². The van der Waals surface area contributed by atoms with Crippen LogP contribution in [0.2, 0.25) is 39.3 Å². The van der Waals surface area contributed by atoms with Crippen molar-refractivity contribution in [1.82, 2.24) is 0 Å². The molecule has 4 unspecified atom stereocenters. The van der Waals surface area contributed by atoms with E-state index in [1.807, 2.05) is 4.90 Å². The van der Waals surface area contributed by atoms with E-state index in [4.69, 9.17) is 16.5 Å². The minimum atomic E-state index is -1.11. The van der Waals surface area contributed by atoms with Crippen LogP contribution < -0.4 is 28.7 Å². The Labute approximate surface area is 353 Å². The topological polar surface area (TPSA) is 82.9 Å². The Morgan fingerprint density at radius 2 is 1.29 bits per heavy atom. The van der Waals surface area contributed by atoms with Gasteiger partial charge in [-0.2, -0.15) is 5.26 Å². The summed E-state index contributed by atoms with van der Waals surface area (Å²) in [6, 6.07) is 15.1. The molecular weight excluding hydrogens is 774 g/mol. The van der Waals surface area contributed by atoms with Crippen LogP contribution in [0.5, 0.6) is 0 Å². The monoisotopic (exact) mass is 831 g/mol. The zero-order chi connectivity index (χ0) is 38.6. The van der Waals surface area contributed by atoms with Crippen molar-refractivity contribution in [2.24, 2.45) is 29.6 Å². The van der Waals surface area contributed by atoms with E-state index in [9.17, 15) is 9.59 Å². The number of fused-ring (bicyclic) bond motifs is 6. The summed E-state index contributed by atoms with van der Waals surface area (Å²) in [6.45, 7) is 23.2. The van der Waals surface area contributed by atoms with Crippen LogP contribution in [-0.4, -0.2) is 41.4 Å². The van der Waals surface area contributed by atoms with Crippen molar-refractivity contribution in [3.05, 3.63) is 73.6 Å². The molecule has 2 aliphatic heterocycles. The molecule has 288 valence electrons. The van der Waals surface area contributed by atoms with Gasteiger partial charge in [0.1, 0.15) is 0 Å². The van der Waals surface area contributed by atoms with Crippen LogP contribution in [0.25, 0.3) is 9.49 Å². The maximum absolute atomic E-state index is 12.6. The number of carbonyl (C=O) groups is 2. The third-order valence-corrected chi connectivity index (χ3v) is 18.2. The first kappa shape index (κ1) is 42.4. The fraction of sp³-hybridized carbons (Fsp3) is 0.636. The standard InChI is InChI=1S/C19H20N2O.C14H14BrNO.C6H18NSi2.C5H7N.Li/c1-20-19(7-2-8-19)14-5-6-17-16(10-14)15-9-13(15)11-21(17)18(22)12-3-4-12;15-10-3-4-13-12(6-10)11-5-9(11)7-16(13)14(17)8-1-2-8;1-8(2,3)7-9(4,5)6;6-4-5-2-1-3-5;/h5-6,10,12-13,15H,2-4,7-9,11H2;3-4,6,8-9,11H,1-2,5,7H2;1-6H3;5H,1-3H2;/q;;-1;;+1. The number of benzene rings is 2. The van der Waals surface area contributed by atoms with Gasteiger partial charge in [-0.05, 0) is 129 Å². The SMILES string of the molecule is C[Si](C)(C)[N-][Si](C)(C)C.N#CC1CCC1.O=C(C1CC1)N1CC2CC2c2cc(Br)ccc21.[C-]#[N+]C1(c2ccc3c(c2)C2CC2CN3C(=O)C2CC2)CCC1.[Li+]. The zero-order valence-electron chi connectivity index (χ0n) is 34.3. The van der Waals surface area contributed by atoms with Gasteiger partial charge in [0, 0.05) is 65.1 Å². The predicted octanol–water partition coefficient (Wildman–Crippen LogP) is 8.50. The summed E-state index contributed by atoms with van der Waals surface area (Å²) in [5.74, 6) is 4.46. The minimum Gasteiger partial charge on any atom is -0.668 e. The number of nitrogens with zero attached hydrogens (tertiary/aromatic N) is 5. The van der Waals surface area contributed by atoms with Crippen LogP contribution in [0, 0.1) is 47.5 Å². The number of hydrogen-bond acceptors (Lipinski definition) is 3. The van der Waals surface area contributed by atoms with Crippen LogP contribution in [0.4, 0.5) is 11.4 Å². The van der Waals surface area contributed by atoms with Gasteiger partial charge in [0.25, 0.3) is 5.54 Å². The number of nitriles is 1. The third kappa shape index (κ3) is 10.1. The maximum atomic E-state index is 12.6. The molecule has 6 fully saturated rings. The molecule has 0 saturated heterocycles. The van der Waals surface area contributed by atoms with Gasteiger partial charge in [0.2, 0.25) is 11.8 Å². The van der Waals surface area contributed by atoms with E-state index in [2.05, 4.69) is 107 Å². The van der Waals surface area contributed by atoms with Crippen LogP contribution in [-0.2, 0) is 15.1 Å². The van der Waals surface area contributed by atoms with E-state index in [0.717, 1.165) is 87.0 Å². The summed E-state index contributed by atoms with van der Waals surface area (Å²) >= 11 is 3.53. The maximum Gasteiger partial charge on any atom is 1.00 e. The second kappa shape index (κ2) is 16.6. The van der Waals surface area contributed by atoms with E-state index in [1.165, 1.54) is 41.6 Å². The van der Waals surface area contributed by atoms with Gasteiger partial charge in [0.15, 0.2) is 0 Å². The molecule has 4 atom stereocenters. The average Bonchev–Trinajstić information content (AvgIpc) is 3.88. The van der Waals surface area contributed by atoms with Gasteiger partial charge in [-0.25, -0.2) is 6.57 Å². The molecule has 6 saturated carbocycles. The summed E-state index contributed by atoms with van der Waals surface area (Å²) in [7, 11) is -2.21. The molecule has 55 heavy (non-hydrogen) atoms. The molecule has 0 bridgehead atoms. The van der Waals surface area contributed by atoms with Gasteiger partial charge in [-0.1, -0.05) is 78.1 Å². The fourth-order valence-electron chi connectivity index (χ4n) is 8.82. The molecule has 0 aromatic heterocycles. The molecule has 0 spiro atoms. The third-order valence-electron chi connectivity index (χ3n) is 12.4. The van der Waals surface area contributed by atoms with Gasteiger partial charge >= 0.3 is 18.9 Å². The number of amides is 2. The minimum absolute atomic E-state index is 0. The number of hydrogen-bond donors (Lipinski definition) is 0. The average molecular weight is 833 g/mol. The van der Waals surface area contributed by atoms with Crippen molar-refractivity contribution in [1.29, 1.82) is 5.26 Å². The van der Waals surface area contributed by atoms with Gasteiger partial charge < -0.3 is 19.3 Å². The van der Waals surface area contributed by atoms with E-state index in [0.29, 0.717) is 41.4 Å². The Morgan fingerprint density at radius 1 is 0.800 bits per heavy atom. The summed E-state index contributed by atoms with van der Waals surface area (Å²) in [4.78, 5) is 32.9. The number of carbonyl (C=O) groups excluding carboxylic acids is 2. The van der Waals surface area contributed by atoms with Gasteiger partial charge in [0.05, 0.1) is 6.07 Å². The Hall–Kier alpha value is -2.17. The zero-order valence-corrected chi connectivity index (χ0v) is 37.9. The van der Waals surface area contributed by atoms with E-state index in [1.54, 1.807) is 0 Å². The van der Waals surface area contributed by atoms with Crippen LogP contribution in [0.1, 0.15) is 106 Å². The Balaban J connectivity index is 0.000000138. The van der Waals surface area contributed by atoms with Gasteiger partial charge in [-0.3, -0.25) is 9.59 Å². The molecule has 7 nitrogen and oxygen atoms in total. The molecule has 2 heterocycles. The quantitative estimate of drug-likeness (QED) is 0.224. The molecule has 2 amide bonds. The van der Waals surface area contributed by atoms with Gasteiger partial charge in [-0.15, -0.1) is 0 Å². The van der Waals surface area contributed by atoms with E-state index >= 15 is 0 Å². The first-order valence-electron chi connectivity index (χ1n) is 20.7. The van der Waals surface area contributed by atoms with Crippen molar-refractivity contribution in [2.45, 2.75) is 134 Å². The van der Waals surface area contributed by atoms with Crippen molar-refractivity contribution in [3.63, 3.8) is 0 Å². The number of anilines is 2. The van der Waals surface area contributed by atoms with Crippen molar-refractivity contribution < 1.29 is 28.4 Å². The van der Waals surface area contributed by atoms with E-state index < -0.39 is 16.5 Å². The normalized spacial score (nSPS) is 26.1. The summed E-state index contributed by atoms with van der Waals surface area (Å²) in [6.07, 6.45) is 13.5. The summed E-state index contributed by atoms with van der Waals surface area (Å²) < 4.78 is 5.95. The molecular formula is C44H59BrLiN5O2Si2. The Kier molecular flexibility index (Phi) is 12.8. The Morgan fingerprint density at radius 3 is 1.64 bits per heavy atom. The largest absolute Gasteiger partial charge is 1.00 e. The van der Waals surface area contributed by atoms with Crippen molar-refractivity contribution >= 4 is 55.6 Å². The Bertz CT molecular complexity index is 1840. The summed E-state index contributed by atoms with van der Waals surface area (Å²) in [5, 5.41) is 8.14. The fourth-order valence-corrected chi connectivity index (χ4v) is 17.2. The molecule has 0 radical (unpaired) electrons. The first-order chi connectivity index (χ1) is 25.6. The molecule has 6 aliphatic carbocycles. The molecule has 11 heteroatoms. The smallest absolute Gasteiger partial charge is 0.668 e.